The highest BCUT2D eigenvalue weighted by Gasteiger charge is 2.62. The van der Waals surface area contributed by atoms with Crippen LogP contribution in [0.2, 0.25) is 0 Å². The zero-order chi connectivity index (χ0) is 17.8. The molecule has 1 aromatic carbocycles. The quantitative estimate of drug-likeness (QED) is 0.846. The molecule has 1 heterocycles. The van der Waals surface area contributed by atoms with Crippen LogP contribution in [0.5, 0.6) is 0 Å². The Morgan fingerprint density at radius 1 is 1.24 bits per heavy atom. The number of alkyl halides is 3. The van der Waals surface area contributed by atoms with Gasteiger partial charge in [-0.25, -0.2) is 0 Å². The second-order valence-electron chi connectivity index (χ2n) is 7.50. The monoisotopic (exact) mass is 352 g/mol. The van der Waals surface area contributed by atoms with Gasteiger partial charge in [0.2, 0.25) is 12.3 Å². The van der Waals surface area contributed by atoms with Crippen LogP contribution in [-0.4, -0.2) is 36.3 Å². The van der Waals surface area contributed by atoms with Gasteiger partial charge >= 0.3 is 6.18 Å². The van der Waals surface area contributed by atoms with Crippen molar-refractivity contribution < 1.29 is 22.8 Å². The zero-order valence-corrected chi connectivity index (χ0v) is 13.6. The third-order valence-corrected chi connectivity index (χ3v) is 6.04. The lowest BCUT2D eigenvalue weighted by atomic mass is 9.79. The molecule has 4 rings (SSSR count). The summed E-state index contributed by atoms with van der Waals surface area (Å²) < 4.78 is 38.1. The zero-order valence-electron chi connectivity index (χ0n) is 13.6. The molecule has 1 N–H and O–H groups in total. The third-order valence-electron chi connectivity index (χ3n) is 6.04. The second-order valence-corrected chi connectivity index (χ2v) is 7.50. The van der Waals surface area contributed by atoms with Gasteiger partial charge in [-0.2, -0.15) is 13.2 Å². The van der Waals surface area contributed by atoms with Gasteiger partial charge in [0, 0.05) is 30.5 Å². The predicted octanol–water partition coefficient (Wildman–Crippen LogP) is 2.33. The summed E-state index contributed by atoms with van der Waals surface area (Å²) in [6, 6.07) is 5.47. The summed E-state index contributed by atoms with van der Waals surface area (Å²) in [5.41, 5.74) is 0.0955. The number of piperidine rings is 1. The first kappa shape index (κ1) is 16.4. The summed E-state index contributed by atoms with van der Waals surface area (Å²) in [6.07, 6.45) is -1.39. The average Bonchev–Trinajstić information content (AvgIpc) is 3.11. The molecule has 0 bridgehead atoms. The van der Waals surface area contributed by atoms with Crippen molar-refractivity contribution in [2.75, 3.05) is 13.1 Å². The molecule has 2 saturated carbocycles. The van der Waals surface area contributed by atoms with Crippen LogP contribution >= 0.6 is 0 Å². The van der Waals surface area contributed by atoms with Crippen LogP contribution < -0.4 is 5.32 Å². The number of benzene rings is 1. The highest BCUT2D eigenvalue weighted by atomic mass is 19.4. The molecule has 0 radical (unpaired) electrons. The van der Waals surface area contributed by atoms with E-state index in [9.17, 15) is 22.8 Å². The van der Waals surface area contributed by atoms with Crippen molar-refractivity contribution >= 4 is 12.3 Å². The van der Waals surface area contributed by atoms with E-state index in [1.165, 1.54) is 0 Å². The number of nitrogens with one attached hydrogen (secondary N) is 1. The lowest BCUT2D eigenvalue weighted by molar-refractivity contribution is -0.139. The van der Waals surface area contributed by atoms with Gasteiger partial charge in [-0.15, -0.1) is 0 Å². The first-order valence-corrected chi connectivity index (χ1v) is 8.50. The largest absolute Gasteiger partial charge is 0.416 e. The number of carbonyl (C=O) groups excluding carboxylic acids is 2. The Hall–Kier alpha value is -2.05. The molecule has 0 spiro atoms. The summed E-state index contributed by atoms with van der Waals surface area (Å²) in [6.45, 7) is 1.27. The number of fused-ring (bicyclic) bond motifs is 1. The molecular weight excluding hydrogens is 333 g/mol. The van der Waals surface area contributed by atoms with E-state index in [2.05, 4.69) is 5.32 Å². The molecule has 1 aromatic rings. The van der Waals surface area contributed by atoms with E-state index in [1.54, 1.807) is 12.1 Å². The van der Waals surface area contributed by atoms with Gasteiger partial charge < -0.3 is 10.2 Å². The Balaban J connectivity index is 1.41. The Labute approximate surface area is 143 Å². The molecule has 7 heteroatoms. The molecule has 134 valence electrons. The van der Waals surface area contributed by atoms with Crippen LogP contribution in [0, 0.1) is 11.8 Å². The number of rotatable bonds is 4. The molecule has 2 atom stereocenters. The molecule has 2 unspecified atom stereocenters. The summed E-state index contributed by atoms with van der Waals surface area (Å²) in [4.78, 5) is 24.8. The summed E-state index contributed by atoms with van der Waals surface area (Å²) in [5, 5.41) is 2.68. The molecule has 3 fully saturated rings. The highest BCUT2D eigenvalue weighted by molar-refractivity contribution is 5.81. The summed E-state index contributed by atoms with van der Waals surface area (Å²) in [5.74, 6) is 0.416. The number of hydrogen-bond acceptors (Lipinski definition) is 2. The molecule has 0 aromatic heterocycles. The lowest BCUT2D eigenvalue weighted by Gasteiger charge is -2.36. The summed E-state index contributed by atoms with van der Waals surface area (Å²) >= 11 is 0. The normalized spacial score (nSPS) is 33.4. The minimum atomic E-state index is -4.33. The Bertz CT molecular complexity index is 697. The van der Waals surface area contributed by atoms with Gasteiger partial charge in [0.15, 0.2) is 0 Å². The van der Waals surface area contributed by atoms with Crippen LogP contribution in [-0.2, 0) is 21.2 Å². The first-order chi connectivity index (χ1) is 11.8. The molecule has 1 saturated heterocycles. The molecule has 2 aliphatic carbocycles. The summed E-state index contributed by atoms with van der Waals surface area (Å²) in [7, 11) is 0. The number of amides is 2. The molecular formula is C18H19F3N2O2. The van der Waals surface area contributed by atoms with Crippen LogP contribution in [0.4, 0.5) is 13.2 Å². The molecule has 4 nitrogen and oxygen atoms in total. The van der Waals surface area contributed by atoms with Gasteiger partial charge in [-0.05, 0) is 42.9 Å². The van der Waals surface area contributed by atoms with Crippen molar-refractivity contribution in [1.82, 2.24) is 10.2 Å². The van der Waals surface area contributed by atoms with E-state index < -0.39 is 11.7 Å². The third kappa shape index (κ3) is 2.69. The van der Waals surface area contributed by atoms with Gasteiger partial charge in [0.05, 0.1) is 5.56 Å². The number of carbonyl (C=O) groups is 2. The van der Waals surface area contributed by atoms with Crippen molar-refractivity contribution in [1.29, 1.82) is 0 Å². The Morgan fingerprint density at radius 3 is 2.52 bits per heavy atom. The predicted molar refractivity (Wildman–Crippen MR) is 83.5 cm³/mol. The minimum absolute atomic E-state index is 0.0420. The molecule has 3 aliphatic rings. The molecule has 2 amide bonds. The van der Waals surface area contributed by atoms with Crippen molar-refractivity contribution in [2.24, 2.45) is 11.8 Å². The van der Waals surface area contributed by atoms with Gasteiger partial charge in [0.25, 0.3) is 0 Å². The van der Waals surface area contributed by atoms with E-state index in [0.717, 1.165) is 24.1 Å². The van der Waals surface area contributed by atoms with E-state index >= 15 is 0 Å². The standard InChI is InChI=1S/C18H19F3N2O2/c19-18(20,21)13-3-1-12(2-4-13)17-7-14(17)8-23(9-17)16(25)11-5-15(6-11)22-10-24/h1-4,10-11,14-15H,5-9H2,(H,22,24). The smallest absolute Gasteiger partial charge is 0.356 e. The number of likely N-dealkylation sites (tertiary alicyclic amines) is 1. The van der Waals surface area contributed by atoms with E-state index in [1.807, 2.05) is 4.90 Å². The minimum Gasteiger partial charge on any atom is -0.356 e. The maximum Gasteiger partial charge on any atom is 0.416 e. The fourth-order valence-electron chi connectivity index (χ4n) is 4.40. The topological polar surface area (TPSA) is 49.4 Å². The SMILES string of the molecule is O=CNC1CC(C(=O)N2CC3CC3(c3ccc(C(F)(F)F)cc3)C2)C1. The highest BCUT2D eigenvalue weighted by Crippen LogP contribution is 2.59. The second kappa shape index (κ2) is 5.47. The number of halogens is 3. The molecule has 25 heavy (non-hydrogen) atoms. The number of hydrogen-bond donors (Lipinski definition) is 1. The lowest BCUT2D eigenvalue weighted by Crippen LogP contribution is -2.48. The van der Waals surface area contributed by atoms with Gasteiger partial charge in [-0.1, -0.05) is 12.1 Å². The van der Waals surface area contributed by atoms with Crippen molar-refractivity contribution in [3.63, 3.8) is 0 Å². The Morgan fingerprint density at radius 2 is 1.92 bits per heavy atom. The van der Waals surface area contributed by atoms with Crippen LogP contribution in [0.15, 0.2) is 24.3 Å². The fraction of sp³-hybridized carbons (Fsp3) is 0.556. The average molecular weight is 352 g/mol. The van der Waals surface area contributed by atoms with Crippen molar-refractivity contribution in [3.05, 3.63) is 35.4 Å². The number of nitrogens with zero attached hydrogens (tertiary/aromatic N) is 1. The van der Waals surface area contributed by atoms with Crippen LogP contribution in [0.3, 0.4) is 0 Å². The van der Waals surface area contributed by atoms with E-state index in [-0.39, 0.29) is 23.3 Å². The van der Waals surface area contributed by atoms with E-state index in [0.29, 0.717) is 38.3 Å². The van der Waals surface area contributed by atoms with E-state index in [4.69, 9.17) is 0 Å². The maximum atomic E-state index is 12.7. The fourth-order valence-corrected chi connectivity index (χ4v) is 4.40. The van der Waals surface area contributed by atoms with Gasteiger partial charge in [0.1, 0.15) is 0 Å². The van der Waals surface area contributed by atoms with Crippen molar-refractivity contribution in [2.45, 2.75) is 36.9 Å². The maximum absolute atomic E-state index is 12.7. The van der Waals surface area contributed by atoms with Crippen molar-refractivity contribution in [3.8, 4) is 0 Å². The van der Waals surface area contributed by atoms with Crippen LogP contribution in [0.25, 0.3) is 0 Å². The molecule has 1 aliphatic heterocycles. The van der Waals surface area contributed by atoms with Crippen LogP contribution in [0.1, 0.15) is 30.4 Å². The van der Waals surface area contributed by atoms with Gasteiger partial charge in [-0.3, -0.25) is 9.59 Å². The Kier molecular flexibility index (Phi) is 3.60. The first-order valence-electron chi connectivity index (χ1n) is 8.50.